The molecular weight excluding hydrogens is 332 g/mol. The highest BCUT2D eigenvalue weighted by Gasteiger charge is 2.59. The van der Waals surface area contributed by atoms with Gasteiger partial charge in [-0.25, -0.2) is 0 Å². The van der Waals surface area contributed by atoms with E-state index in [1.54, 1.807) is 0 Å². The summed E-state index contributed by atoms with van der Waals surface area (Å²) < 4.78 is 16.9. The first kappa shape index (κ1) is 18.5. The molecule has 3 rings (SSSR count). The summed E-state index contributed by atoms with van der Waals surface area (Å²) in [6.45, 7) is 4.12. The van der Waals surface area contributed by atoms with Crippen molar-refractivity contribution in [2.75, 3.05) is 6.61 Å². The van der Waals surface area contributed by atoms with Gasteiger partial charge in [0.1, 0.15) is 6.10 Å². The van der Waals surface area contributed by atoms with Crippen LogP contribution in [0.1, 0.15) is 40.0 Å². The molecule has 1 saturated heterocycles. The lowest BCUT2D eigenvalue weighted by Gasteiger charge is -2.51. The van der Waals surface area contributed by atoms with Gasteiger partial charge in [-0.3, -0.25) is 9.59 Å². The van der Waals surface area contributed by atoms with Gasteiger partial charge >= 0.3 is 5.97 Å². The zero-order chi connectivity index (χ0) is 18.6. The molecule has 2 aliphatic heterocycles. The monoisotopic (exact) mass is 356 g/mol. The lowest BCUT2D eigenvalue weighted by molar-refractivity contribution is -0.350. The second-order valence-electron chi connectivity index (χ2n) is 7.22. The van der Waals surface area contributed by atoms with E-state index in [1.165, 1.54) is 13.8 Å². The summed E-state index contributed by atoms with van der Waals surface area (Å²) in [6, 6.07) is 0. The first-order valence-electron chi connectivity index (χ1n) is 8.43. The van der Waals surface area contributed by atoms with E-state index in [0.717, 1.165) is 0 Å². The fourth-order valence-electron chi connectivity index (χ4n) is 3.82. The van der Waals surface area contributed by atoms with Crippen molar-refractivity contribution in [2.24, 2.45) is 0 Å². The summed E-state index contributed by atoms with van der Waals surface area (Å²) in [5.74, 6) is -2.82. The SMILES string of the molecule is CC(=O)O[C@H]1CC[C@H](C)O[C@@]12OCC1=C(C[C@@H](O)[C@@](C)(O)C1=O)[C@@H]2O. The van der Waals surface area contributed by atoms with E-state index in [1.807, 2.05) is 6.92 Å². The van der Waals surface area contributed by atoms with Gasteiger partial charge in [-0.15, -0.1) is 0 Å². The molecule has 8 heteroatoms. The average Bonchev–Trinajstić information content (AvgIpc) is 2.52. The molecule has 1 aliphatic carbocycles. The first-order chi connectivity index (χ1) is 11.6. The van der Waals surface area contributed by atoms with Crippen LogP contribution < -0.4 is 0 Å². The van der Waals surface area contributed by atoms with E-state index in [9.17, 15) is 24.9 Å². The maximum absolute atomic E-state index is 12.4. The van der Waals surface area contributed by atoms with Crippen LogP contribution in [0.2, 0.25) is 0 Å². The topological polar surface area (TPSA) is 123 Å². The number of carbonyl (C=O) groups excluding carboxylic acids is 2. The second-order valence-corrected chi connectivity index (χ2v) is 7.22. The molecule has 0 radical (unpaired) electrons. The minimum absolute atomic E-state index is 0.0924. The molecule has 8 nitrogen and oxygen atoms in total. The van der Waals surface area contributed by atoms with E-state index in [2.05, 4.69) is 0 Å². The molecule has 1 fully saturated rings. The van der Waals surface area contributed by atoms with E-state index in [4.69, 9.17) is 14.2 Å². The second kappa shape index (κ2) is 6.14. The summed E-state index contributed by atoms with van der Waals surface area (Å²) in [7, 11) is 0. The van der Waals surface area contributed by atoms with Gasteiger partial charge in [0.2, 0.25) is 5.79 Å². The van der Waals surface area contributed by atoms with Crippen molar-refractivity contribution in [1.82, 2.24) is 0 Å². The van der Waals surface area contributed by atoms with Crippen molar-refractivity contribution in [3.63, 3.8) is 0 Å². The Bertz CT molecular complexity index is 624. The summed E-state index contributed by atoms with van der Waals surface area (Å²) in [5.41, 5.74) is -1.53. The van der Waals surface area contributed by atoms with Crippen LogP contribution in [0, 0.1) is 0 Å². The highest BCUT2D eigenvalue weighted by atomic mass is 16.7. The van der Waals surface area contributed by atoms with Crippen LogP contribution in [0.5, 0.6) is 0 Å². The average molecular weight is 356 g/mol. The van der Waals surface area contributed by atoms with Crippen molar-refractivity contribution in [1.29, 1.82) is 0 Å². The Morgan fingerprint density at radius 3 is 2.64 bits per heavy atom. The lowest BCUT2D eigenvalue weighted by Crippen LogP contribution is -2.66. The lowest BCUT2D eigenvalue weighted by atomic mass is 9.73. The van der Waals surface area contributed by atoms with Crippen molar-refractivity contribution >= 4 is 11.8 Å². The molecule has 6 atom stereocenters. The molecule has 140 valence electrons. The fraction of sp³-hybridized carbons (Fsp3) is 0.765. The molecule has 3 N–H and O–H groups in total. The van der Waals surface area contributed by atoms with Crippen LogP contribution >= 0.6 is 0 Å². The number of hydrogen-bond acceptors (Lipinski definition) is 8. The Morgan fingerprint density at radius 2 is 2.00 bits per heavy atom. The molecule has 0 unspecified atom stereocenters. The predicted molar refractivity (Wildman–Crippen MR) is 83.3 cm³/mol. The van der Waals surface area contributed by atoms with E-state index >= 15 is 0 Å². The van der Waals surface area contributed by atoms with Crippen molar-refractivity contribution in [2.45, 2.75) is 75.8 Å². The van der Waals surface area contributed by atoms with Crippen LogP contribution in [-0.4, -0.2) is 69.5 Å². The van der Waals surface area contributed by atoms with E-state index in [0.29, 0.717) is 12.8 Å². The summed E-state index contributed by atoms with van der Waals surface area (Å²) in [4.78, 5) is 23.9. The maximum atomic E-state index is 12.4. The minimum atomic E-state index is -1.93. The number of aliphatic hydroxyl groups is 3. The highest BCUT2D eigenvalue weighted by molar-refractivity contribution is 6.04. The third kappa shape index (κ3) is 2.82. The highest BCUT2D eigenvalue weighted by Crippen LogP contribution is 2.45. The Balaban J connectivity index is 2.00. The standard InChI is InChI=1S/C17H24O8/c1-8-4-5-13(24-9(2)18)17(25-8)15(21)10-6-12(19)16(3,22)14(20)11(10)7-23-17/h8,12-13,15,19,21-22H,4-7H2,1-3H3/t8-,12+,13-,15-,16+,17-/m0/s1. The third-order valence-electron chi connectivity index (χ3n) is 5.31. The molecule has 0 saturated carbocycles. The van der Waals surface area contributed by atoms with Crippen molar-refractivity contribution < 1.29 is 39.1 Å². The Hall–Kier alpha value is -1.32. The minimum Gasteiger partial charge on any atom is -0.457 e. The molecule has 3 aliphatic rings. The molecular formula is C17H24O8. The van der Waals surface area contributed by atoms with Crippen LogP contribution in [0.15, 0.2) is 11.1 Å². The molecule has 0 amide bonds. The van der Waals surface area contributed by atoms with Gasteiger partial charge in [0.25, 0.3) is 0 Å². The van der Waals surface area contributed by atoms with Crippen LogP contribution in [-0.2, 0) is 23.8 Å². The summed E-state index contributed by atoms with van der Waals surface area (Å²) >= 11 is 0. The van der Waals surface area contributed by atoms with Gasteiger partial charge in [-0.2, -0.15) is 0 Å². The number of Topliss-reactive ketones (excluding diaryl/α,β-unsaturated/α-hetero) is 1. The molecule has 1 spiro atoms. The summed E-state index contributed by atoms with van der Waals surface area (Å²) in [6.07, 6.45) is -2.84. The first-order valence-corrected chi connectivity index (χ1v) is 8.43. The number of carbonyl (C=O) groups is 2. The van der Waals surface area contributed by atoms with Gasteiger partial charge in [0.05, 0.1) is 18.8 Å². The van der Waals surface area contributed by atoms with E-state index in [-0.39, 0.29) is 30.3 Å². The maximum Gasteiger partial charge on any atom is 0.303 e. The number of esters is 1. The zero-order valence-corrected chi connectivity index (χ0v) is 14.5. The van der Waals surface area contributed by atoms with Crippen LogP contribution in [0.25, 0.3) is 0 Å². The zero-order valence-electron chi connectivity index (χ0n) is 14.5. The molecule has 0 aromatic carbocycles. The predicted octanol–water partition coefficient (Wildman–Crippen LogP) is -0.414. The number of aliphatic hydroxyl groups excluding tert-OH is 2. The van der Waals surface area contributed by atoms with Gasteiger partial charge < -0.3 is 29.5 Å². The molecule has 0 aromatic rings. The largest absolute Gasteiger partial charge is 0.457 e. The van der Waals surface area contributed by atoms with Gasteiger partial charge in [0.15, 0.2) is 17.5 Å². The number of ketones is 1. The van der Waals surface area contributed by atoms with Gasteiger partial charge in [0, 0.05) is 18.9 Å². The molecule has 2 heterocycles. The smallest absolute Gasteiger partial charge is 0.303 e. The Kier molecular flexibility index (Phi) is 4.53. The Labute approximate surface area is 145 Å². The number of hydrogen-bond donors (Lipinski definition) is 3. The van der Waals surface area contributed by atoms with Crippen LogP contribution in [0.3, 0.4) is 0 Å². The Morgan fingerprint density at radius 1 is 1.32 bits per heavy atom. The molecule has 0 aromatic heterocycles. The van der Waals surface area contributed by atoms with Crippen molar-refractivity contribution in [3.05, 3.63) is 11.1 Å². The third-order valence-corrected chi connectivity index (χ3v) is 5.31. The van der Waals surface area contributed by atoms with Crippen LogP contribution in [0.4, 0.5) is 0 Å². The number of rotatable bonds is 1. The number of ether oxygens (including phenoxy) is 3. The van der Waals surface area contributed by atoms with Gasteiger partial charge in [-0.05, 0) is 32.3 Å². The molecule has 25 heavy (non-hydrogen) atoms. The van der Waals surface area contributed by atoms with Crippen molar-refractivity contribution in [3.8, 4) is 0 Å². The van der Waals surface area contributed by atoms with Gasteiger partial charge in [-0.1, -0.05) is 0 Å². The molecule has 0 bridgehead atoms. The quantitative estimate of drug-likeness (QED) is 0.542. The van der Waals surface area contributed by atoms with E-state index < -0.39 is 41.5 Å². The summed E-state index contributed by atoms with van der Waals surface area (Å²) in [5, 5.41) is 31.3. The fourth-order valence-corrected chi connectivity index (χ4v) is 3.82. The normalized spacial score (nSPS) is 44.6.